The second-order valence-corrected chi connectivity index (χ2v) is 8.03. The van der Waals surface area contributed by atoms with Gasteiger partial charge in [0.15, 0.2) is 5.84 Å². The highest BCUT2D eigenvalue weighted by Gasteiger charge is 2.39. The molecule has 1 aliphatic carbocycles. The standard InChI is InChI=1S/C21H21N7O2/c22-20(29)18(12-1-2-12)26-17-10-30-9-13-4-6-27-19(13)15(17)8-23-21(27)16-7-14-3-5-25-28(14)11-24-16/h3,5,7-8,10-12,18,26H,1-2,4,6,9H2,(H2,22,29). The van der Waals surface area contributed by atoms with Gasteiger partial charge in [-0.2, -0.15) is 5.10 Å². The van der Waals surface area contributed by atoms with Gasteiger partial charge in [0.1, 0.15) is 30.9 Å². The number of aromatic nitrogens is 3. The summed E-state index contributed by atoms with van der Waals surface area (Å²) in [5.74, 6) is 0.760. The number of fused-ring (bicyclic) bond motifs is 1. The van der Waals surface area contributed by atoms with Gasteiger partial charge in [0, 0.05) is 18.3 Å². The van der Waals surface area contributed by atoms with Gasteiger partial charge in [0.2, 0.25) is 5.91 Å². The van der Waals surface area contributed by atoms with E-state index in [4.69, 9.17) is 15.5 Å². The molecule has 3 N–H and O–H groups in total. The quantitative estimate of drug-likeness (QED) is 0.772. The topological polar surface area (TPSA) is 110 Å². The Bertz CT molecular complexity index is 1180. The van der Waals surface area contributed by atoms with Crippen molar-refractivity contribution in [3.05, 3.63) is 65.4 Å². The summed E-state index contributed by atoms with van der Waals surface area (Å²) in [6.07, 6.45) is 9.90. The molecule has 2 aromatic heterocycles. The third kappa shape index (κ3) is 2.69. The predicted molar refractivity (Wildman–Crippen MR) is 109 cm³/mol. The average molecular weight is 403 g/mol. The first-order valence-electron chi connectivity index (χ1n) is 10.1. The van der Waals surface area contributed by atoms with Gasteiger partial charge in [-0.05, 0) is 42.9 Å². The average Bonchev–Trinajstić information content (AvgIpc) is 3.36. The van der Waals surface area contributed by atoms with Crippen LogP contribution in [0.25, 0.3) is 5.52 Å². The lowest BCUT2D eigenvalue weighted by atomic mass is 10.0. The van der Waals surface area contributed by atoms with Crippen LogP contribution in [0.1, 0.15) is 25.0 Å². The van der Waals surface area contributed by atoms with Gasteiger partial charge in [0.25, 0.3) is 0 Å². The first kappa shape index (κ1) is 17.3. The third-order valence-electron chi connectivity index (χ3n) is 6.05. The molecular weight excluding hydrogens is 382 g/mol. The molecule has 4 aliphatic rings. The Morgan fingerprint density at radius 3 is 3.10 bits per heavy atom. The number of nitrogens with two attached hydrogens (primary N) is 1. The Labute approximate surface area is 172 Å². The van der Waals surface area contributed by atoms with Crippen molar-refractivity contribution in [1.82, 2.24) is 24.8 Å². The van der Waals surface area contributed by atoms with Crippen molar-refractivity contribution in [1.29, 1.82) is 0 Å². The summed E-state index contributed by atoms with van der Waals surface area (Å²) in [7, 11) is 0. The molecule has 0 radical (unpaired) electrons. The number of hydrogen-bond donors (Lipinski definition) is 2. The zero-order valence-corrected chi connectivity index (χ0v) is 16.3. The van der Waals surface area contributed by atoms with Crippen LogP contribution in [-0.2, 0) is 9.53 Å². The fourth-order valence-corrected chi connectivity index (χ4v) is 4.39. The number of amidine groups is 1. The van der Waals surface area contributed by atoms with Gasteiger partial charge in [-0.3, -0.25) is 4.79 Å². The molecule has 152 valence electrons. The van der Waals surface area contributed by atoms with Crippen LogP contribution in [0.4, 0.5) is 0 Å². The van der Waals surface area contributed by atoms with Gasteiger partial charge in [-0.1, -0.05) is 0 Å². The van der Waals surface area contributed by atoms with Gasteiger partial charge in [-0.25, -0.2) is 14.5 Å². The Morgan fingerprint density at radius 1 is 1.37 bits per heavy atom. The number of nitrogens with zero attached hydrogens (tertiary/aromatic N) is 5. The molecule has 1 amide bonds. The predicted octanol–water partition coefficient (Wildman–Crippen LogP) is 1.06. The van der Waals surface area contributed by atoms with Crippen LogP contribution in [-0.4, -0.2) is 50.4 Å². The molecule has 0 spiro atoms. The van der Waals surface area contributed by atoms with E-state index in [1.165, 1.54) is 5.57 Å². The first-order valence-corrected chi connectivity index (χ1v) is 10.1. The number of ether oxygens (including phenoxy) is 1. The first-order chi connectivity index (χ1) is 14.7. The van der Waals surface area contributed by atoms with Crippen molar-refractivity contribution < 1.29 is 9.53 Å². The van der Waals surface area contributed by atoms with Crippen LogP contribution in [0.3, 0.4) is 0 Å². The van der Waals surface area contributed by atoms with Gasteiger partial charge >= 0.3 is 0 Å². The molecule has 3 aliphatic heterocycles. The maximum absolute atomic E-state index is 12.0. The van der Waals surface area contributed by atoms with E-state index in [-0.39, 0.29) is 11.8 Å². The Morgan fingerprint density at radius 2 is 2.27 bits per heavy atom. The smallest absolute Gasteiger partial charge is 0.240 e. The molecule has 1 atom stereocenters. The van der Waals surface area contributed by atoms with Crippen LogP contribution in [0.15, 0.2) is 64.7 Å². The Balaban J connectivity index is 1.40. The summed E-state index contributed by atoms with van der Waals surface area (Å²) < 4.78 is 7.55. The van der Waals surface area contributed by atoms with E-state index >= 15 is 0 Å². The summed E-state index contributed by atoms with van der Waals surface area (Å²) in [4.78, 5) is 23.5. The molecule has 6 rings (SSSR count). The fraction of sp³-hybridized carbons (Fsp3) is 0.333. The number of hydrogen-bond acceptors (Lipinski definition) is 7. The van der Waals surface area contributed by atoms with Gasteiger partial charge < -0.3 is 20.7 Å². The van der Waals surface area contributed by atoms with Crippen molar-refractivity contribution in [2.24, 2.45) is 16.6 Å². The zero-order chi connectivity index (χ0) is 20.2. The molecule has 9 nitrogen and oxygen atoms in total. The number of aliphatic imine (C=N–C) groups is 1. The highest BCUT2D eigenvalue weighted by Crippen LogP contribution is 2.39. The number of nitrogens with one attached hydrogen (secondary N) is 1. The largest absolute Gasteiger partial charge is 0.495 e. The lowest BCUT2D eigenvalue weighted by Gasteiger charge is -2.30. The molecule has 2 aromatic rings. The highest BCUT2D eigenvalue weighted by molar-refractivity contribution is 6.01. The lowest BCUT2D eigenvalue weighted by molar-refractivity contribution is -0.120. The second kappa shape index (κ2) is 6.45. The van der Waals surface area contributed by atoms with E-state index in [0.29, 0.717) is 6.61 Å². The highest BCUT2D eigenvalue weighted by atomic mass is 16.5. The molecule has 1 fully saturated rings. The summed E-state index contributed by atoms with van der Waals surface area (Å²) in [5.41, 5.74) is 11.4. The number of carbonyl (C=O) groups is 1. The summed E-state index contributed by atoms with van der Waals surface area (Å²) >= 11 is 0. The van der Waals surface area contributed by atoms with Gasteiger partial charge in [0.05, 0.1) is 23.1 Å². The van der Waals surface area contributed by atoms with Crippen LogP contribution in [0.2, 0.25) is 0 Å². The fourth-order valence-electron chi connectivity index (χ4n) is 4.39. The van der Waals surface area contributed by atoms with E-state index in [1.54, 1.807) is 23.3 Å². The van der Waals surface area contributed by atoms with E-state index in [0.717, 1.165) is 59.8 Å². The van der Waals surface area contributed by atoms with E-state index in [1.807, 2.05) is 18.3 Å². The SMILES string of the molecule is NC(=O)C(NC1=COCC2=C3C1=CN=C(c1cc4ccnn4cn1)N3CC2)C1CC1. The van der Waals surface area contributed by atoms with Crippen LogP contribution < -0.4 is 11.1 Å². The minimum atomic E-state index is -0.394. The lowest BCUT2D eigenvalue weighted by Crippen LogP contribution is -2.43. The monoisotopic (exact) mass is 403 g/mol. The second-order valence-electron chi connectivity index (χ2n) is 8.03. The summed E-state index contributed by atoms with van der Waals surface area (Å²) in [6, 6.07) is 3.53. The molecule has 0 aromatic carbocycles. The molecule has 30 heavy (non-hydrogen) atoms. The van der Waals surface area contributed by atoms with Crippen LogP contribution in [0.5, 0.6) is 0 Å². The van der Waals surface area contributed by atoms with Crippen molar-refractivity contribution in [3.8, 4) is 0 Å². The molecule has 5 heterocycles. The summed E-state index contributed by atoms with van der Waals surface area (Å²) in [5, 5.41) is 7.55. The number of carbonyl (C=O) groups excluding carboxylic acids is 1. The number of rotatable bonds is 5. The Kier molecular flexibility index (Phi) is 3.71. The Hall–Kier alpha value is -3.62. The van der Waals surface area contributed by atoms with E-state index < -0.39 is 6.04 Å². The maximum atomic E-state index is 12.0. The molecular formula is C21H21N7O2. The van der Waals surface area contributed by atoms with E-state index in [2.05, 4.69) is 20.3 Å². The van der Waals surface area contributed by atoms with Crippen molar-refractivity contribution in [2.45, 2.75) is 25.3 Å². The van der Waals surface area contributed by atoms with Gasteiger partial charge in [-0.15, -0.1) is 0 Å². The summed E-state index contributed by atoms with van der Waals surface area (Å²) in [6.45, 7) is 1.33. The molecule has 1 saturated carbocycles. The molecule has 0 bridgehead atoms. The third-order valence-corrected chi connectivity index (χ3v) is 6.05. The number of amides is 1. The van der Waals surface area contributed by atoms with Crippen LogP contribution in [0, 0.1) is 5.92 Å². The zero-order valence-electron chi connectivity index (χ0n) is 16.3. The minimum absolute atomic E-state index is 0.287. The van der Waals surface area contributed by atoms with Crippen molar-refractivity contribution >= 4 is 17.3 Å². The van der Waals surface area contributed by atoms with Crippen molar-refractivity contribution in [3.63, 3.8) is 0 Å². The molecule has 1 unspecified atom stereocenters. The van der Waals surface area contributed by atoms with E-state index in [9.17, 15) is 4.79 Å². The minimum Gasteiger partial charge on any atom is -0.495 e. The van der Waals surface area contributed by atoms with Crippen molar-refractivity contribution in [2.75, 3.05) is 13.2 Å². The normalized spacial score (nSPS) is 21.3. The number of primary amides is 1. The van der Waals surface area contributed by atoms with Crippen LogP contribution >= 0.6 is 0 Å². The molecule has 0 saturated heterocycles. The maximum Gasteiger partial charge on any atom is 0.240 e. The molecule has 9 heteroatoms.